The largest absolute Gasteiger partial charge is 0.497 e. The number of methoxy groups -OCH3 is 2. The van der Waals surface area contributed by atoms with E-state index in [1.165, 1.54) is 6.42 Å². The van der Waals surface area contributed by atoms with Gasteiger partial charge in [-0.2, -0.15) is 0 Å². The molecule has 1 fully saturated rings. The van der Waals surface area contributed by atoms with Crippen LogP contribution in [0.1, 0.15) is 25.7 Å². The number of anilines is 1. The van der Waals surface area contributed by atoms with Crippen LogP contribution < -0.4 is 14.8 Å². The van der Waals surface area contributed by atoms with Crippen molar-refractivity contribution >= 4 is 11.7 Å². The minimum atomic E-state index is -0.156. The van der Waals surface area contributed by atoms with Crippen molar-refractivity contribution in [1.82, 2.24) is 4.90 Å². The second-order valence-corrected chi connectivity index (χ2v) is 5.73. The summed E-state index contributed by atoms with van der Waals surface area (Å²) in [5.74, 6) is 1.27. The molecular weight excluding hydrogens is 296 g/mol. The van der Waals surface area contributed by atoms with Crippen LogP contribution in [-0.4, -0.2) is 51.5 Å². The fourth-order valence-corrected chi connectivity index (χ4v) is 2.57. The van der Waals surface area contributed by atoms with Crippen molar-refractivity contribution in [3.63, 3.8) is 0 Å². The molecule has 0 radical (unpaired) electrons. The maximum absolute atomic E-state index is 12.3. The topological polar surface area (TPSA) is 60.0 Å². The van der Waals surface area contributed by atoms with E-state index in [2.05, 4.69) is 5.32 Å². The molecule has 0 saturated carbocycles. The summed E-state index contributed by atoms with van der Waals surface area (Å²) in [6, 6.07) is 5.13. The number of rotatable bonds is 6. The number of carbonyl (C=O) groups excluding carboxylic acids is 1. The lowest BCUT2D eigenvalue weighted by Gasteiger charge is -2.25. The van der Waals surface area contributed by atoms with Gasteiger partial charge in [-0.1, -0.05) is 0 Å². The van der Waals surface area contributed by atoms with Gasteiger partial charge in [0.15, 0.2) is 0 Å². The van der Waals surface area contributed by atoms with Crippen molar-refractivity contribution < 1.29 is 19.0 Å². The lowest BCUT2D eigenvalue weighted by atomic mass is 10.1. The van der Waals surface area contributed by atoms with Crippen LogP contribution in [0.2, 0.25) is 0 Å². The second kappa shape index (κ2) is 8.62. The van der Waals surface area contributed by atoms with Gasteiger partial charge >= 0.3 is 6.03 Å². The number of urea groups is 1. The van der Waals surface area contributed by atoms with Gasteiger partial charge in [0.25, 0.3) is 0 Å². The number of amides is 2. The summed E-state index contributed by atoms with van der Waals surface area (Å²) in [5.41, 5.74) is 0.645. The second-order valence-electron chi connectivity index (χ2n) is 5.73. The van der Waals surface area contributed by atoms with E-state index >= 15 is 0 Å². The Kier molecular flexibility index (Phi) is 6.52. The van der Waals surface area contributed by atoms with Crippen LogP contribution in [0.5, 0.6) is 11.5 Å². The van der Waals surface area contributed by atoms with E-state index in [9.17, 15) is 4.79 Å². The zero-order chi connectivity index (χ0) is 16.7. The molecule has 2 rings (SSSR count). The molecule has 0 spiro atoms. The molecular formula is C17H26N2O4. The normalized spacial score (nSPS) is 17.4. The molecule has 1 aliphatic heterocycles. The van der Waals surface area contributed by atoms with Gasteiger partial charge in [0.2, 0.25) is 0 Å². The third-order valence-corrected chi connectivity index (χ3v) is 4.01. The molecule has 23 heavy (non-hydrogen) atoms. The van der Waals surface area contributed by atoms with E-state index in [0.29, 0.717) is 23.7 Å². The summed E-state index contributed by atoms with van der Waals surface area (Å²) in [6.07, 6.45) is 4.58. The molecule has 1 N–H and O–H groups in total. The molecule has 1 aliphatic rings. The Labute approximate surface area is 137 Å². The molecule has 0 aromatic heterocycles. The van der Waals surface area contributed by atoms with Crippen molar-refractivity contribution in [2.75, 3.05) is 39.7 Å². The van der Waals surface area contributed by atoms with Crippen LogP contribution in [0.4, 0.5) is 10.5 Å². The third-order valence-electron chi connectivity index (χ3n) is 4.01. The zero-order valence-corrected chi connectivity index (χ0v) is 14.1. The quantitative estimate of drug-likeness (QED) is 0.874. The minimum absolute atomic E-state index is 0.156. The van der Waals surface area contributed by atoms with Gasteiger partial charge in [-0.15, -0.1) is 0 Å². The summed E-state index contributed by atoms with van der Waals surface area (Å²) in [6.45, 7) is 1.50. The van der Waals surface area contributed by atoms with Crippen LogP contribution in [0, 0.1) is 0 Å². The lowest BCUT2D eigenvalue weighted by Crippen LogP contribution is -2.34. The summed E-state index contributed by atoms with van der Waals surface area (Å²) >= 11 is 0. The first-order chi connectivity index (χ1) is 11.1. The molecule has 2 amide bonds. The van der Waals surface area contributed by atoms with Gasteiger partial charge in [-0.25, -0.2) is 4.79 Å². The third kappa shape index (κ3) is 5.32. The van der Waals surface area contributed by atoms with Crippen LogP contribution >= 0.6 is 0 Å². The fourth-order valence-electron chi connectivity index (χ4n) is 2.57. The van der Waals surface area contributed by atoms with E-state index < -0.39 is 0 Å². The molecule has 6 heteroatoms. The van der Waals surface area contributed by atoms with E-state index in [4.69, 9.17) is 14.2 Å². The standard InChI is InChI=1S/C17H26N2O4/c1-19(8-7-14-6-4-5-9-23-14)17(20)18-13-10-15(21-2)12-16(11-13)22-3/h10-12,14H,4-9H2,1-3H3,(H,18,20). The smallest absolute Gasteiger partial charge is 0.321 e. The SMILES string of the molecule is COc1cc(NC(=O)N(C)CCC2CCCCO2)cc(OC)c1. The molecule has 1 heterocycles. The van der Waals surface area contributed by atoms with Gasteiger partial charge in [0.1, 0.15) is 11.5 Å². The highest BCUT2D eigenvalue weighted by atomic mass is 16.5. The van der Waals surface area contributed by atoms with E-state index in [-0.39, 0.29) is 12.1 Å². The average molecular weight is 322 g/mol. The Morgan fingerprint density at radius 2 is 1.96 bits per heavy atom. The number of carbonyl (C=O) groups is 1. The molecule has 1 aromatic rings. The predicted molar refractivity (Wildman–Crippen MR) is 89.4 cm³/mol. The molecule has 1 unspecified atom stereocenters. The molecule has 1 aromatic carbocycles. The number of hydrogen-bond donors (Lipinski definition) is 1. The molecule has 0 aliphatic carbocycles. The van der Waals surface area contributed by atoms with Crippen molar-refractivity contribution in [3.8, 4) is 11.5 Å². The van der Waals surface area contributed by atoms with Gasteiger partial charge in [0, 0.05) is 44.1 Å². The van der Waals surface area contributed by atoms with Crippen LogP contribution in [-0.2, 0) is 4.74 Å². The summed E-state index contributed by atoms with van der Waals surface area (Å²) in [5, 5.41) is 2.87. The zero-order valence-electron chi connectivity index (χ0n) is 14.1. The Bertz CT molecular complexity index is 493. The first-order valence-corrected chi connectivity index (χ1v) is 7.99. The van der Waals surface area contributed by atoms with Crippen LogP contribution in [0.3, 0.4) is 0 Å². The van der Waals surface area contributed by atoms with Gasteiger partial charge in [-0.3, -0.25) is 0 Å². The van der Waals surface area contributed by atoms with E-state index in [1.54, 1.807) is 44.4 Å². The predicted octanol–water partition coefficient (Wildman–Crippen LogP) is 3.13. The number of benzene rings is 1. The number of nitrogens with one attached hydrogen (secondary N) is 1. The Morgan fingerprint density at radius 1 is 1.26 bits per heavy atom. The van der Waals surface area contributed by atoms with E-state index in [1.807, 2.05) is 0 Å². The van der Waals surface area contributed by atoms with Crippen molar-refractivity contribution in [1.29, 1.82) is 0 Å². The highest BCUT2D eigenvalue weighted by molar-refractivity contribution is 5.89. The summed E-state index contributed by atoms with van der Waals surface area (Å²) in [7, 11) is 4.95. The lowest BCUT2D eigenvalue weighted by molar-refractivity contribution is 0.00848. The average Bonchev–Trinajstić information content (AvgIpc) is 2.60. The van der Waals surface area contributed by atoms with Crippen molar-refractivity contribution in [2.45, 2.75) is 31.8 Å². The molecule has 1 atom stereocenters. The molecule has 128 valence electrons. The molecule has 6 nitrogen and oxygen atoms in total. The van der Waals surface area contributed by atoms with Gasteiger partial charge in [0.05, 0.1) is 20.3 Å². The number of nitrogens with zero attached hydrogens (tertiary/aromatic N) is 1. The Morgan fingerprint density at radius 3 is 2.52 bits per heavy atom. The van der Waals surface area contributed by atoms with Crippen molar-refractivity contribution in [3.05, 3.63) is 18.2 Å². The van der Waals surface area contributed by atoms with Crippen LogP contribution in [0.15, 0.2) is 18.2 Å². The summed E-state index contributed by atoms with van der Waals surface area (Å²) in [4.78, 5) is 13.9. The van der Waals surface area contributed by atoms with E-state index in [0.717, 1.165) is 25.9 Å². The first kappa shape index (κ1) is 17.4. The minimum Gasteiger partial charge on any atom is -0.497 e. The van der Waals surface area contributed by atoms with Gasteiger partial charge < -0.3 is 24.4 Å². The van der Waals surface area contributed by atoms with Gasteiger partial charge in [-0.05, 0) is 25.7 Å². The first-order valence-electron chi connectivity index (χ1n) is 7.99. The Balaban J connectivity index is 1.87. The molecule has 0 bridgehead atoms. The highest BCUT2D eigenvalue weighted by Crippen LogP contribution is 2.26. The maximum atomic E-state index is 12.3. The fraction of sp³-hybridized carbons (Fsp3) is 0.588. The molecule has 1 saturated heterocycles. The monoisotopic (exact) mass is 322 g/mol. The van der Waals surface area contributed by atoms with Crippen molar-refractivity contribution in [2.24, 2.45) is 0 Å². The highest BCUT2D eigenvalue weighted by Gasteiger charge is 2.16. The summed E-state index contributed by atoms with van der Waals surface area (Å²) < 4.78 is 16.1. The Hall–Kier alpha value is -1.95. The number of ether oxygens (including phenoxy) is 3. The number of hydrogen-bond acceptors (Lipinski definition) is 4. The van der Waals surface area contributed by atoms with Crippen LogP contribution in [0.25, 0.3) is 0 Å². The maximum Gasteiger partial charge on any atom is 0.321 e.